The van der Waals surface area contributed by atoms with Crippen molar-refractivity contribution in [1.29, 1.82) is 0 Å². The fraction of sp³-hybridized carbons (Fsp3) is 0.458. The molecule has 0 aliphatic carbocycles. The van der Waals surface area contributed by atoms with Crippen LogP contribution in [0, 0.1) is 13.8 Å². The lowest BCUT2D eigenvalue weighted by Crippen LogP contribution is -2.27. The van der Waals surface area contributed by atoms with E-state index < -0.39 is 0 Å². The van der Waals surface area contributed by atoms with Gasteiger partial charge in [0.15, 0.2) is 11.6 Å². The highest BCUT2D eigenvalue weighted by atomic mass is 16.5. The summed E-state index contributed by atoms with van der Waals surface area (Å²) in [5.41, 5.74) is 9.29. The summed E-state index contributed by atoms with van der Waals surface area (Å²) in [7, 11) is 0. The molecule has 0 bridgehead atoms. The number of nitrogen functional groups attached to an aromatic ring is 1. The third-order valence-corrected chi connectivity index (χ3v) is 5.32. The van der Waals surface area contributed by atoms with Gasteiger partial charge >= 0.3 is 0 Å². The highest BCUT2D eigenvalue weighted by Crippen LogP contribution is 2.37. The van der Waals surface area contributed by atoms with Gasteiger partial charge in [-0.2, -0.15) is 9.97 Å². The standard InChI is InChI=1S/C22H26N6O3.C2H6/c1-12(2)24-19-14(4)21(29)28(22(23)26-19)10-18-25-20(27-31-18)16-9-17(30-11-16)15-7-5-13(3)6-8-15;1-2/h5-8,16-17H,9-11H2,1-4H3,(H2,23,26);1-2H3/t16-,17+;/m0./s1. The van der Waals surface area contributed by atoms with Gasteiger partial charge in [-0.3, -0.25) is 9.36 Å². The number of aliphatic imine (C=N–C) groups is 1. The van der Waals surface area contributed by atoms with Crippen LogP contribution < -0.4 is 11.3 Å². The first-order chi connectivity index (χ1) is 15.8. The number of aromatic nitrogens is 4. The van der Waals surface area contributed by atoms with Crippen molar-refractivity contribution in [3.8, 4) is 0 Å². The number of ether oxygens (including phenoxy) is 1. The molecule has 4 rings (SSSR count). The predicted octanol–water partition coefficient (Wildman–Crippen LogP) is 4.26. The lowest BCUT2D eigenvalue weighted by molar-refractivity contribution is 0.110. The molecule has 1 fully saturated rings. The zero-order valence-corrected chi connectivity index (χ0v) is 20.1. The van der Waals surface area contributed by atoms with E-state index in [0.29, 0.717) is 29.7 Å². The smallest absolute Gasteiger partial charge is 0.260 e. The van der Waals surface area contributed by atoms with E-state index >= 15 is 0 Å². The van der Waals surface area contributed by atoms with Crippen LogP contribution in [0.4, 0.5) is 11.8 Å². The Morgan fingerprint density at radius 2 is 1.88 bits per heavy atom. The Hall–Kier alpha value is -3.33. The van der Waals surface area contributed by atoms with E-state index in [9.17, 15) is 4.79 Å². The molecular formula is C24H32N6O3. The Morgan fingerprint density at radius 1 is 1.18 bits per heavy atom. The van der Waals surface area contributed by atoms with E-state index in [1.54, 1.807) is 6.92 Å². The number of nitrogens with zero attached hydrogens (tertiary/aromatic N) is 5. The average molecular weight is 453 g/mol. The molecule has 0 unspecified atom stereocenters. The quantitative estimate of drug-likeness (QED) is 0.574. The molecular weight excluding hydrogens is 420 g/mol. The molecule has 176 valence electrons. The largest absolute Gasteiger partial charge is 0.373 e. The van der Waals surface area contributed by atoms with Crippen molar-refractivity contribution in [3.63, 3.8) is 0 Å². The molecule has 1 aliphatic heterocycles. The van der Waals surface area contributed by atoms with Crippen molar-refractivity contribution in [2.75, 3.05) is 12.3 Å². The first-order valence-corrected chi connectivity index (χ1v) is 11.2. The number of rotatable bonds is 5. The molecule has 0 saturated carbocycles. The monoisotopic (exact) mass is 452 g/mol. The second-order valence-corrected chi connectivity index (χ2v) is 8.08. The normalized spacial score (nSPS) is 17.4. The van der Waals surface area contributed by atoms with Gasteiger partial charge in [0.2, 0.25) is 11.8 Å². The Kier molecular flexibility index (Phi) is 7.75. The fourth-order valence-electron chi connectivity index (χ4n) is 3.58. The molecule has 3 aromatic rings. The molecule has 0 radical (unpaired) electrons. The van der Waals surface area contributed by atoms with Gasteiger partial charge in [0.25, 0.3) is 5.56 Å². The van der Waals surface area contributed by atoms with E-state index in [1.165, 1.54) is 10.1 Å². The molecule has 0 amide bonds. The van der Waals surface area contributed by atoms with Crippen LogP contribution >= 0.6 is 0 Å². The third-order valence-electron chi connectivity index (χ3n) is 5.32. The Labute approximate surface area is 193 Å². The van der Waals surface area contributed by atoms with Crippen LogP contribution in [0.15, 0.2) is 38.6 Å². The van der Waals surface area contributed by atoms with Gasteiger partial charge in [-0.1, -0.05) is 48.8 Å². The van der Waals surface area contributed by atoms with Gasteiger partial charge in [-0.25, -0.2) is 4.99 Å². The van der Waals surface area contributed by atoms with Gasteiger partial charge in [0, 0.05) is 11.6 Å². The third kappa shape index (κ3) is 5.54. The second-order valence-electron chi connectivity index (χ2n) is 8.08. The van der Waals surface area contributed by atoms with Crippen molar-refractivity contribution in [1.82, 2.24) is 19.7 Å². The summed E-state index contributed by atoms with van der Waals surface area (Å²) < 4.78 is 12.7. The topological polar surface area (TPSA) is 121 Å². The minimum atomic E-state index is -0.282. The van der Waals surface area contributed by atoms with Crippen LogP contribution in [-0.4, -0.2) is 32.0 Å². The summed E-state index contributed by atoms with van der Waals surface area (Å²) in [5.74, 6) is 1.28. The molecule has 2 N–H and O–H groups in total. The van der Waals surface area contributed by atoms with Crippen molar-refractivity contribution in [3.05, 3.63) is 63.0 Å². The lowest BCUT2D eigenvalue weighted by Gasteiger charge is -2.09. The van der Waals surface area contributed by atoms with Crippen LogP contribution in [-0.2, 0) is 11.3 Å². The summed E-state index contributed by atoms with van der Waals surface area (Å²) >= 11 is 0. The molecule has 3 heterocycles. The number of hydrogen-bond donors (Lipinski definition) is 1. The highest BCUT2D eigenvalue weighted by molar-refractivity contribution is 5.81. The number of benzene rings is 1. The van der Waals surface area contributed by atoms with Crippen LogP contribution in [0.3, 0.4) is 0 Å². The molecule has 2 atom stereocenters. The van der Waals surface area contributed by atoms with Crippen LogP contribution in [0.5, 0.6) is 0 Å². The van der Waals surface area contributed by atoms with E-state index in [0.717, 1.165) is 17.7 Å². The van der Waals surface area contributed by atoms with Gasteiger partial charge in [-0.15, -0.1) is 0 Å². The Morgan fingerprint density at radius 3 is 2.55 bits per heavy atom. The van der Waals surface area contributed by atoms with Crippen molar-refractivity contribution in [2.45, 2.75) is 66.5 Å². The average Bonchev–Trinajstić information content (AvgIpc) is 3.46. The van der Waals surface area contributed by atoms with Gasteiger partial charge in [0.1, 0.15) is 6.54 Å². The van der Waals surface area contributed by atoms with E-state index in [4.69, 9.17) is 15.0 Å². The maximum absolute atomic E-state index is 12.7. The maximum atomic E-state index is 12.7. The van der Waals surface area contributed by atoms with Gasteiger partial charge in [-0.05, 0) is 39.7 Å². The first-order valence-electron chi connectivity index (χ1n) is 11.2. The van der Waals surface area contributed by atoms with Gasteiger partial charge in [0.05, 0.1) is 18.3 Å². The fourth-order valence-corrected chi connectivity index (χ4v) is 3.58. The summed E-state index contributed by atoms with van der Waals surface area (Å²) in [5, 5.41) is 4.11. The molecule has 2 aromatic heterocycles. The minimum absolute atomic E-state index is 0.00721. The summed E-state index contributed by atoms with van der Waals surface area (Å²) in [4.78, 5) is 25.7. The van der Waals surface area contributed by atoms with Crippen LogP contribution in [0.25, 0.3) is 0 Å². The predicted molar refractivity (Wildman–Crippen MR) is 128 cm³/mol. The molecule has 1 aliphatic rings. The SMILES string of the molecule is CC.CC(C)=Nc1nc(N)n(Cc2nc([C@@H]3CO[C@@H](c4ccc(C)cc4)C3)no2)c(=O)c1C. The van der Waals surface area contributed by atoms with E-state index in [-0.39, 0.29) is 30.1 Å². The van der Waals surface area contributed by atoms with E-state index in [2.05, 4.69) is 51.3 Å². The van der Waals surface area contributed by atoms with Crippen molar-refractivity contribution in [2.24, 2.45) is 4.99 Å². The first kappa shape index (κ1) is 24.3. The number of nitrogens with two attached hydrogens (primary N) is 1. The zero-order valence-electron chi connectivity index (χ0n) is 20.1. The molecule has 1 aromatic carbocycles. The van der Waals surface area contributed by atoms with Gasteiger partial charge < -0.3 is 15.0 Å². The molecule has 0 spiro atoms. The Balaban J connectivity index is 0.00000149. The second kappa shape index (κ2) is 10.5. The highest BCUT2D eigenvalue weighted by Gasteiger charge is 2.31. The van der Waals surface area contributed by atoms with Crippen LogP contribution in [0.2, 0.25) is 0 Å². The molecule has 9 heteroatoms. The minimum Gasteiger partial charge on any atom is -0.373 e. The van der Waals surface area contributed by atoms with E-state index in [1.807, 2.05) is 27.7 Å². The number of aryl methyl sites for hydroxylation is 1. The van der Waals surface area contributed by atoms with Crippen molar-refractivity contribution < 1.29 is 9.26 Å². The summed E-state index contributed by atoms with van der Waals surface area (Å²) in [6, 6.07) is 8.33. The molecule has 9 nitrogen and oxygen atoms in total. The zero-order chi connectivity index (χ0) is 24.1. The Bertz CT molecular complexity index is 1180. The summed E-state index contributed by atoms with van der Waals surface area (Å²) in [6.45, 7) is 12.0. The summed E-state index contributed by atoms with van der Waals surface area (Å²) in [6.07, 6.45) is 0.779. The lowest BCUT2D eigenvalue weighted by atomic mass is 9.99. The molecule has 33 heavy (non-hydrogen) atoms. The van der Waals surface area contributed by atoms with Crippen molar-refractivity contribution >= 4 is 17.5 Å². The molecule has 1 saturated heterocycles. The maximum Gasteiger partial charge on any atom is 0.260 e. The van der Waals surface area contributed by atoms with Crippen LogP contribution in [0.1, 0.15) is 74.5 Å². The number of anilines is 1. The number of hydrogen-bond acceptors (Lipinski definition) is 8.